The van der Waals surface area contributed by atoms with E-state index in [1.807, 2.05) is 12.1 Å². The van der Waals surface area contributed by atoms with Crippen molar-refractivity contribution in [3.05, 3.63) is 28.6 Å². The van der Waals surface area contributed by atoms with E-state index in [9.17, 15) is 4.79 Å². The number of thioether (sulfide) groups is 1. The number of aromatic nitrogens is 2. The van der Waals surface area contributed by atoms with Crippen LogP contribution < -0.4 is 11.1 Å². The summed E-state index contributed by atoms with van der Waals surface area (Å²) in [5.41, 5.74) is 6.47. The Morgan fingerprint density at radius 3 is 2.95 bits per heavy atom. The number of nitrogens with zero attached hydrogens (tertiary/aromatic N) is 2. The predicted octanol–water partition coefficient (Wildman–Crippen LogP) is 2.45. The third-order valence-corrected chi connectivity index (χ3v) is 3.69. The van der Waals surface area contributed by atoms with E-state index in [1.54, 1.807) is 13.0 Å². The number of hydrogen-bond acceptors (Lipinski definition) is 6. The van der Waals surface area contributed by atoms with Gasteiger partial charge < -0.3 is 10.2 Å². The fourth-order valence-electron chi connectivity index (χ4n) is 1.30. The summed E-state index contributed by atoms with van der Waals surface area (Å²) in [6, 6.07) is 5.63. The van der Waals surface area contributed by atoms with Crippen LogP contribution in [0.2, 0.25) is 0 Å². The van der Waals surface area contributed by atoms with Crippen LogP contribution in [0.1, 0.15) is 5.89 Å². The average Bonchev–Trinajstić information content (AvgIpc) is 2.73. The zero-order chi connectivity index (χ0) is 13.8. The first-order chi connectivity index (χ1) is 9.04. The number of nitrogens with one attached hydrogen (secondary N) is 1. The number of nitrogen functional groups attached to an aromatic ring is 1. The molecule has 0 aliphatic carbocycles. The number of rotatable bonds is 4. The van der Waals surface area contributed by atoms with Gasteiger partial charge in [0.05, 0.1) is 5.75 Å². The predicted molar refractivity (Wildman–Crippen MR) is 76.9 cm³/mol. The molecule has 100 valence electrons. The molecule has 0 aliphatic rings. The van der Waals surface area contributed by atoms with Crippen LogP contribution in [0.15, 0.2) is 32.0 Å². The molecule has 1 heterocycles. The van der Waals surface area contributed by atoms with Gasteiger partial charge in [0.1, 0.15) is 0 Å². The normalized spacial score (nSPS) is 10.4. The van der Waals surface area contributed by atoms with Gasteiger partial charge in [0.15, 0.2) is 0 Å². The number of carbonyl (C=O) groups is 1. The van der Waals surface area contributed by atoms with Gasteiger partial charge in [0.2, 0.25) is 11.8 Å². The third-order valence-electron chi connectivity index (χ3n) is 2.10. The van der Waals surface area contributed by atoms with Gasteiger partial charge in [-0.05, 0) is 18.2 Å². The molecule has 0 bridgehead atoms. The number of amides is 1. The third kappa shape index (κ3) is 3.97. The van der Waals surface area contributed by atoms with E-state index in [0.717, 1.165) is 9.37 Å². The molecular weight excluding hydrogens is 332 g/mol. The van der Waals surface area contributed by atoms with E-state index in [-0.39, 0.29) is 17.7 Å². The van der Waals surface area contributed by atoms with E-state index < -0.39 is 0 Å². The van der Waals surface area contributed by atoms with Gasteiger partial charge >= 0.3 is 6.01 Å². The van der Waals surface area contributed by atoms with E-state index in [1.165, 1.54) is 11.8 Å². The second-order valence-corrected chi connectivity index (χ2v) is 5.58. The molecule has 0 saturated heterocycles. The highest BCUT2D eigenvalue weighted by molar-refractivity contribution is 9.10. The highest BCUT2D eigenvalue weighted by Crippen LogP contribution is 2.27. The van der Waals surface area contributed by atoms with Crippen LogP contribution >= 0.6 is 27.7 Å². The molecular formula is C11H11BrN4O2S. The number of benzene rings is 1. The fourth-order valence-corrected chi connectivity index (χ4v) is 2.42. The van der Waals surface area contributed by atoms with Crippen molar-refractivity contribution in [1.29, 1.82) is 0 Å². The van der Waals surface area contributed by atoms with Crippen LogP contribution in [0.25, 0.3) is 0 Å². The van der Waals surface area contributed by atoms with Crippen molar-refractivity contribution >= 4 is 45.3 Å². The van der Waals surface area contributed by atoms with Crippen molar-refractivity contribution in [2.75, 3.05) is 16.8 Å². The van der Waals surface area contributed by atoms with Crippen molar-refractivity contribution in [3.63, 3.8) is 0 Å². The molecule has 3 N–H and O–H groups in total. The number of aryl methyl sites for hydroxylation is 1. The molecule has 1 amide bonds. The van der Waals surface area contributed by atoms with Crippen molar-refractivity contribution < 1.29 is 9.21 Å². The Kier molecular flexibility index (Phi) is 4.43. The molecule has 8 heteroatoms. The topological polar surface area (TPSA) is 94.0 Å². The maximum Gasteiger partial charge on any atom is 0.322 e. The molecule has 0 saturated carbocycles. The molecule has 0 radical (unpaired) electrons. The Labute approximate surface area is 122 Å². The largest absolute Gasteiger partial charge is 0.408 e. The molecule has 2 rings (SSSR count). The lowest BCUT2D eigenvalue weighted by Gasteiger charge is -2.05. The standard InChI is InChI=1S/C11H11BrN4O2S/c1-6-15-16-11(18-6)14-10(17)5-19-9-3-2-7(12)4-8(9)13/h2-4H,5,13H2,1H3,(H,14,16,17). The Morgan fingerprint density at radius 1 is 1.53 bits per heavy atom. The molecule has 0 spiro atoms. The second kappa shape index (κ2) is 6.07. The number of halogens is 1. The molecule has 1 aromatic carbocycles. The summed E-state index contributed by atoms with van der Waals surface area (Å²) >= 11 is 4.67. The summed E-state index contributed by atoms with van der Waals surface area (Å²) in [5, 5.41) is 9.81. The van der Waals surface area contributed by atoms with E-state index >= 15 is 0 Å². The summed E-state index contributed by atoms with van der Waals surface area (Å²) in [5.74, 6) is 0.392. The van der Waals surface area contributed by atoms with Gasteiger partial charge in [-0.1, -0.05) is 21.0 Å². The first-order valence-electron chi connectivity index (χ1n) is 5.32. The summed E-state index contributed by atoms with van der Waals surface area (Å²) in [6.45, 7) is 1.65. The molecule has 0 atom stereocenters. The lowest BCUT2D eigenvalue weighted by Crippen LogP contribution is -2.14. The van der Waals surface area contributed by atoms with Gasteiger partial charge in [-0.3, -0.25) is 10.1 Å². The van der Waals surface area contributed by atoms with Crippen molar-refractivity contribution in [2.24, 2.45) is 0 Å². The lowest BCUT2D eigenvalue weighted by molar-refractivity contribution is -0.113. The average molecular weight is 343 g/mol. The fraction of sp³-hybridized carbons (Fsp3) is 0.182. The van der Waals surface area contributed by atoms with Crippen molar-refractivity contribution in [2.45, 2.75) is 11.8 Å². The maximum atomic E-state index is 11.7. The Morgan fingerprint density at radius 2 is 2.32 bits per heavy atom. The highest BCUT2D eigenvalue weighted by Gasteiger charge is 2.09. The lowest BCUT2D eigenvalue weighted by atomic mass is 10.3. The Hall–Kier alpha value is -1.54. The van der Waals surface area contributed by atoms with Crippen molar-refractivity contribution in [1.82, 2.24) is 10.2 Å². The van der Waals surface area contributed by atoms with Crippen LogP contribution in [0.5, 0.6) is 0 Å². The van der Waals surface area contributed by atoms with E-state index in [2.05, 4.69) is 31.4 Å². The minimum atomic E-state index is -0.226. The van der Waals surface area contributed by atoms with E-state index in [0.29, 0.717) is 11.6 Å². The Balaban J connectivity index is 1.89. The van der Waals surface area contributed by atoms with Crippen LogP contribution in [0.3, 0.4) is 0 Å². The summed E-state index contributed by atoms with van der Waals surface area (Å²) in [7, 11) is 0. The molecule has 19 heavy (non-hydrogen) atoms. The monoisotopic (exact) mass is 342 g/mol. The Bertz CT molecular complexity index is 602. The molecule has 0 aliphatic heterocycles. The van der Waals surface area contributed by atoms with Crippen molar-refractivity contribution in [3.8, 4) is 0 Å². The first-order valence-corrected chi connectivity index (χ1v) is 7.10. The van der Waals surface area contributed by atoms with Gasteiger partial charge in [0.25, 0.3) is 0 Å². The highest BCUT2D eigenvalue weighted by atomic mass is 79.9. The minimum Gasteiger partial charge on any atom is -0.408 e. The summed E-state index contributed by atoms with van der Waals surface area (Å²) < 4.78 is 5.95. The van der Waals surface area contributed by atoms with Crippen LogP contribution in [0, 0.1) is 6.92 Å². The smallest absolute Gasteiger partial charge is 0.322 e. The number of anilines is 2. The second-order valence-electron chi connectivity index (χ2n) is 3.65. The summed E-state index contributed by atoms with van der Waals surface area (Å²) in [6.07, 6.45) is 0. The first kappa shape index (κ1) is 13.9. The van der Waals surface area contributed by atoms with Gasteiger partial charge in [-0.2, -0.15) is 0 Å². The van der Waals surface area contributed by atoms with Crippen LogP contribution in [-0.4, -0.2) is 21.9 Å². The quantitative estimate of drug-likeness (QED) is 0.654. The van der Waals surface area contributed by atoms with Crippen LogP contribution in [0.4, 0.5) is 11.7 Å². The number of nitrogens with two attached hydrogens (primary N) is 1. The zero-order valence-electron chi connectivity index (χ0n) is 10.0. The number of hydrogen-bond donors (Lipinski definition) is 2. The SMILES string of the molecule is Cc1nnc(NC(=O)CSc2ccc(Br)cc2N)o1. The van der Waals surface area contributed by atoms with Gasteiger partial charge in [-0.15, -0.1) is 16.9 Å². The molecule has 0 fully saturated rings. The van der Waals surface area contributed by atoms with E-state index in [4.69, 9.17) is 10.2 Å². The molecule has 2 aromatic rings. The van der Waals surface area contributed by atoms with Gasteiger partial charge in [0, 0.05) is 22.0 Å². The molecule has 1 aromatic heterocycles. The van der Waals surface area contributed by atoms with Crippen LogP contribution in [-0.2, 0) is 4.79 Å². The minimum absolute atomic E-state index is 0.104. The maximum absolute atomic E-state index is 11.7. The summed E-state index contributed by atoms with van der Waals surface area (Å²) in [4.78, 5) is 12.5. The molecule has 6 nitrogen and oxygen atoms in total. The zero-order valence-corrected chi connectivity index (χ0v) is 12.4. The number of carbonyl (C=O) groups excluding carboxylic acids is 1. The molecule has 0 unspecified atom stereocenters. The van der Waals surface area contributed by atoms with Gasteiger partial charge in [-0.25, -0.2) is 0 Å².